The van der Waals surface area contributed by atoms with Crippen LogP contribution in [0.3, 0.4) is 0 Å². The van der Waals surface area contributed by atoms with Gasteiger partial charge in [-0.2, -0.15) is 0 Å². The minimum absolute atomic E-state index is 0.599. The minimum Gasteiger partial charge on any atom is -0.382 e. The van der Waals surface area contributed by atoms with Gasteiger partial charge >= 0.3 is 0 Å². The fraction of sp³-hybridized carbons (Fsp3) is 0.500. The summed E-state index contributed by atoms with van der Waals surface area (Å²) in [6.45, 7) is 3.86. The van der Waals surface area contributed by atoms with E-state index < -0.39 is 0 Å². The number of hydrogen-bond acceptors (Lipinski definition) is 6. The molecular weight excluding hydrogens is 282 g/mol. The molecule has 0 unspecified atom stereocenters. The lowest BCUT2D eigenvalue weighted by atomic mass is 10.2. The van der Waals surface area contributed by atoms with Gasteiger partial charge in [0, 0.05) is 25.9 Å². The summed E-state index contributed by atoms with van der Waals surface area (Å²) < 4.78 is 15.8. The molecule has 0 radical (unpaired) electrons. The van der Waals surface area contributed by atoms with Crippen LogP contribution in [0.5, 0.6) is 0 Å². The third kappa shape index (κ3) is 5.31. The maximum absolute atomic E-state index is 5.56. The van der Waals surface area contributed by atoms with E-state index >= 15 is 0 Å². The van der Waals surface area contributed by atoms with Crippen molar-refractivity contribution in [1.29, 1.82) is 0 Å². The fourth-order valence-corrected chi connectivity index (χ4v) is 2.13. The Hall–Kier alpha value is -1.60. The van der Waals surface area contributed by atoms with Gasteiger partial charge in [0.2, 0.25) is 0 Å². The van der Waals surface area contributed by atoms with E-state index in [-0.39, 0.29) is 0 Å². The molecule has 1 aromatic rings. The molecule has 0 saturated carbocycles. The molecule has 1 aliphatic rings. The molecule has 0 fully saturated rings. The number of nitrogens with zero attached hydrogens (tertiary/aromatic N) is 2. The van der Waals surface area contributed by atoms with Gasteiger partial charge in [0.25, 0.3) is 0 Å². The Balaban J connectivity index is 1.64. The van der Waals surface area contributed by atoms with Crippen molar-refractivity contribution in [2.24, 2.45) is 0 Å². The first-order valence-corrected chi connectivity index (χ1v) is 7.49. The standard InChI is InChI=1S/C16H25N3O3/c1-18-16(15-6-4-3-5-7-15)14-19(17-18)8-9-21-12-13-22-11-10-20-2/h3-7,14,17H,8-13H2,1-2H3. The van der Waals surface area contributed by atoms with Crippen LogP contribution in [0.2, 0.25) is 0 Å². The van der Waals surface area contributed by atoms with Crippen molar-refractivity contribution >= 4 is 5.70 Å². The van der Waals surface area contributed by atoms with Crippen LogP contribution in [0.1, 0.15) is 5.56 Å². The van der Waals surface area contributed by atoms with Crippen molar-refractivity contribution in [3.8, 4) is 0 Å². The number of methoxy groups -OCH3 is 1. The van der Waals surface area contributed by atoms with Crippen LogP contribution in [-0.2, 0) is 14.2 Å². The maximum atomic E-state index is 5.56. The van der Waals surface area contributed by atoms with E-state index in [1.54, 1.807) is 7.11 Å². The van der Waals surface area contributed by atoms with Gasteiger partial charge in [0.1, 0.15) is 0 Å². The second kappa shape index (κ2) is 9.42. The van der Waals surface area contributed by atoms with E-state index in [1.165, 1.54) is 5.56 Å². The number of hydrazine groups is 2. The summed E-state index contributed by atoms with van der Waals surface area (Å²) in [7, 11) is 3.67. The van der Waals surface area contributed by atoms with Gasteiger partial charge in [-0.25, -0.2) is 0 Å². The molecule has 0 saturated heterocycles. The van der Waals surface area contributed by atoms with E-state index in [0.29, 0.717) is 33.0 Å². The van der Waals surface area contributed by atoms with Crippen LogP contribution in [0, 0.1) is 0 Å². The molecular formula is C16H25N3O3. The Kier molecular flexibility index (Phi) is 7.18. The maximum Gasteiger partial charge on any atom is 0.0780 e. The van der Waals surface area contributed by atoms with E-state index in [9.17, 15) is 0 Å². The van der Waals surface area contributed by atoms with Gasteiger partial charge in [-0.1, -0.05) is 30.3 Å². The Morgan fingerprint density at radius 3 is 2.36 bits per heavy atom. The average molecular weight is 307 g/mol. The summed E-state index contributed by atoms with van der Waals surface area (Å²) in [6, 6.07) is 10.3. The van der Waals surface area contributed by atoms with Crippen LogP contribution in [-0.4, -0.2) is 63.8 Å². The highest BCUT2D eigenvalue weighted by Crippen LogP contribution is 2.20. The van der Waals surface area contributed by atoms with E-state index in [0.717, 1.165) is 12.2 Å². The summed E-state index contributed by atoms with van der Waals surface area (Å²) in [6.07, 6.45) is 2.09. The Morgan fingerprint density at radius 2 is 1.64 bits per heavy atom. The third-order valence-electron chi connectivity index (χ3n) is 3.27. The molecule has 122 valence electrons. The Bertz CT molecular complexity index is 453. The van der Waals surface area contributed by atoms with Gasteiger partial charge in [-0.3, -0.25) is 10.0 Å². The van der Waals surface area contributed by atoms with Crippen LogP contribution in [0.15, 0.2) is 36.5 Å². The highest BCUT2D eigenvalue weighted by atomic mass is 16.5. The summed E-state index contributed by atoms with van der Waals surface area (Å²) in [5, 5.41) is 4.03. The highest BCUT2D eigenvalue weighted by Gasteiger charge is 2.17. The van der Waals surface area contributed by atoms with Gasteiger partial charge in [0.15, 0.2) is 0 Å². The number of hydrogen-bond donors (Lipinski definition) is 1. The van der Waals surface area contributed by atoms with Gasteiger partial charge in [-0.15, -0.1) is 5.53 Å². The molecule has 0 atom stereocenters. The minimum atomic E-state index is 0.599. The van der Waals surface area contributed by atoms with Crippen LogP contribution in [0.25, 0.3) is 5.70 Å². The zero-order valence-corrected chi connectivity index (χ0v) is 13.3. The second-order valence-corrected chi connectivity index (χ2v) is 4.95. The van der Waals surface area contributed by atoms with Gasteiger partial charge in [0.05, 0.1) is 45.3 Å². The normalized spacial score (nSPS) is 14.5. The molecule has 2 rings (SSSR count). The summed E-state index contributed by atoms with van der Waals surface area (Å²) >= 11 is 0. The van der Waals surface area contributed by atoms with Crippen molar-refractivity contribution in [2.45, 2.75) is 0 Å². The first kappa shape index (κ1) is 16.8. The molecule has 0 spiro atoms. The van der Waals surface area contributed by atoms with E-state index in [4.69, 9.17) is 14.2 Å². The third-order valence-corrected chi connectivity index (χ3v) is 3.27. The van der Waals surface area contributed by atoms with Crippen molar-refractivity contribution < 1.29 is 14.2 Å². The summed E-state index contributed by atoms with van der Waals surface area (Å²) in [5.41, 5.74) is 5.60. The first-order chi connectivity index (χ1) is 10.8. The second-order valence-electron chi connectivity index (χ2n) is 4.95. The first-order valence-electron chi connectivity index (χ1n) is 7.49. The quantitative estimate of drug-likeness (QED) is 0.658. The Labute approximate surface area is 132 Å². The van der Waals surface area contributed by atoms with Crippen molar-refractivity contribution in [3.05, 3.63) is 42.1 Å². The van der Waals surface area contributed by atoms with Crippen molar-refractivity contribution in [2.75, 3.05) is 53.7 Å². The smallest absolute Gasteiger partial charge is 0.0780 e. The molecule has 0 amide bonds. The predicted molar refractivity (Wildman–Crippen MR) is 85.5 cm³/mol. The number of nitrogens with one attached hydrogen (secondary N) is 1. The van der Waals surface area contributed by atoms with Gasteiger partial charge < -0.3 is 14.2 Å². The average Bonchev–Trinajstić information content (AvgIpc) is 2.92. The largest absolute Gasteiger partial charge is 0.382 e. The number of rotatable bonds is 10. The molecule has 22 heavy (non-hydrogen) atoms. The van der Waals surface area contributed by atoms with Crippen LogP contribution in [0.4, 0.5) is 0 Å². The Morgan fingerprint density at radius 1 is 0.955 bits per heavy atom. The zero-order chi connectivity index (χ0) is 15.6. The lowest BCUT2D eigenvalue weighted by Gasteiger charge is -2.20. The molecule has 0 aromatic heterocycles. The van der Waals surface area contributed by atoms with Crippen molar-refractivity contribution in [1.82, 2.24) is 15.6 Å². The molecule has 0 bridgehead atoms. The lowest BCUT2D eigenvalue weighted by molar-refractivity contribution is 0.0168. The number of ether oxygens (including phenoxy) is 3. The fourth-order valence-electron chi connectivity index (χ4n) is 2.13. The number of benzene rings is 1. The highest BCUT2D eigenvalue weighted by molar-refractivity contribution is 5.64. The summed E-state index contributed by atoms with van der Waals surface area (Å²) in [4.78, 5) is 0. The molecule has 6 nitrogen and oxygen atoms in total. The molecule has 1 N–H and O–H groups in total. The van der Waals surface area contributed by atoms with Crippen LogP contribution < -0.4 is 5.53 Å². The summed E-state index contributed by atoms with van der Waals surface area (Å²) in [5.74, 6) is 0. The molecule has 1 aromatic carbocycles. The molecule has 1 heterocycles. The van der Waals surface area contributed by atoms with Crippen LogP contribution >= 0.6 is 0 Å². The SMILES string of the molecule is COCCOCCOCCN1C=C(c2ccccc2)N(C)N1. The zero-order valence-electron chi connectivity index (χ0n) is 13.3. The van der Waals surface area contributed by atoms with Gasteiger partial charge in [-0.05, 0) is 0 Å². The van der Waals surface area contributed by atoms with E-state index in [2.05, 4.69) is 23.9 Å². The monoisotopic (exact) mass is 307 g/mol. The van der Waals surface area contributed by atoms with E-state index in [1.807, 2.05) is 35.3 Å². The predicted octanol–water partition coefficient (Wildman–Crippen LogP) is 1.33. The molecule has 6 heteroatoms. The molecule has 0 aliphatic carbocycles. The topological polar surface area (TPSA) is 46.2 Å². The lowest BCUT2D eigenvalue weighted by Crippen LogP contribution is -2.39. The molecule has 1 aliphatic heterocycles. The van der Waals surface area contributed by atoms with Crippen molar-refractivity contribution in [3.63, 3.8) is 0 Å².